The SMILES string of the molecule is Cc1[nH]c(-c2ccccc2)c(N(C=O)c2ccncc2)c1CN1CCN(c2cccc(C(F)(F)F)c2)CC1. The molecular weight excluding hydrogens is 491 g/mol. The lowest BCUT2D eigenvalue weighted by Crippen LogP contribution is -2.46. The third-order valence-corrected chi connectivity index (χ3v) is 6.93. The number of pyridine rings is 1. The van der Waals surface area contributed by atoms with Gasteiger partial charge < -0.3 is 9.88 Å². The van der Waals surface area contributed by atoms with E-state index in [0.717, 1.165) is 40.7 Å². The van der Waals surface area contributed by atoms with Crippen molar-refractivity contribution in [1.29, 1.82) is 0 Å². The molecule has 6 nitrogen and oxygen atoms in total. The first kappa shape index (κ1) is 25.5. The van der Waals surface area contributed by atoms with Crippen LogP contribution in [-0.4, -0.2) is 47.5 Å². The number of rotatable bonds is 7. The van der Waals surface area contributed by atoms with Gasteiger partial charge in [0.15, 0.2) is 0 Å². The van der Waals surface area contributed by atoms with Gasteiger partial charge in [-0.2, -0.15) is 13.2 Å². The number of halogens is 3. The van der Waals surface area contributed by atoms with Crippen molar-refractivity contribution < 1.29 is 18.0 Å². The molecule has 1 aliphatic rings. The maximum absolute atomic E-state index is 13.2. The van der Waals surface area contributed by atoms with Crippen LogP contribution < -0.4 is 9.80 Å². The molecule has 38 heavy (non-hydrogen) atoms. The quantitative estimate of drug-likeness (QED) is 0.304. The topological polar surface area (TPSA) is 55.5 Å². The highest BCUT2D eigenvalue weighted by molar-refractivity contribution is 5.95. The molecule has 0 aliphatic carbocycles. The van der Waals surface area contributed by atoms with Gasteiger partial charge in [0.25, 0.3) is 0 Å². The monoisotopic (exact) mass is 519 g/mol. The van der Waals surface area contributed by atoms with E-state index in [0.29, 0.717) is 44.1 Å². The number of aromatic nitrogens is 2. The Morgan fingerprint density at radius 1 is 0.974 bits per heavy atom. The molecule has 2 aromatic heterocycles. The molecular formula is C29H28F3N5O. The van der Waals surface area contributed by atoms with Crippen LogP contribution in [0.5, 0.6) is 0 Å². The summed E-state index contributed by atoms with van der Waals surface area (Å²) in [4.78, 5) is 25.9. The molecule has 0 saturated carbocycles. The molecule has 0 unspecified atom stereocenters. The van der Waals surface area contributed by atoms with Crippen molar-refractivity contribution in [2.75, 3.05) is 36.0 Å². The molecule has 2 aromatic carbocycles. The summed E-state index contributed by atoms with van der Waals surface area (Å²) in [6.07, 6.45) is -0.240. The third-order valence-electron chi connectivity index (χ3n) is 6.93. The maximum atomic E-state index is 13.2. The van der Waals surface area contributed by atoms with E-state index in [2.05, 4.69) is 14.9 Å². The van der Waals surface area contributed by atoms with Crippen LogP contribution in [0.1, 0.15) is 16.8 Å². The molecule has 196 valence electrons. The molecule has 0 bridgehead atoms. The summed E-state index contributed by atoms with van der Waals surface area (Å²) in [5, 5.41) is 0. The first-order valence-corrected chi connectivity index (χ1v) is 12.4. The van der Waals surface area contributed by atoms with Gasteiger partial charge in [-0.15, -0.1) is 0 Å². The molecule has 0 radical (unpaired) electrons. The normalized spacial score (nSPS) is 14.5. The molecule has 1 fully saturated rings. The molecule has 4 aromatic rings. The van der Waals surface area contributed by atoms with Gasteiger partial charge in [0.05, 0.1) is 22.6 Å². The van der Waals surface area contributed by atoms with Crippen molar-refractivity contribution in [2.45, 2.75) is 19.6 Å². The second kappa shape index (κ2) is 10.7. The first-order chi connectivity index (χ1) is 18.3. The predicted octanol–water partition coefficient (Wildman–Crippen LogP) is 6.02. The Labute approximate surface area is 219 Å². The number of carbonyl (C=O) groups is 1. The van der Waals surface area contributed by atoms with Crippen LogP contribution in [0.25, 0.3) is 11.3 Å². The molecule has 9 heteroatoms. The summed E-state index contributed by atoms with van der Waals surface area (Å²) in [5.74, 6) is 0. The second-order valence-corrected chi connectivity index (χ2v) is 9.31. The minimum Gasteiger partial charge on any atom is -0.369 e. The van der Waals surface area contributed by atoms with Crippen molar-refractivity contribution in [1.82, 2.24) is 14.9 Å². The van der Waals surface area contributed by atoms with E-state index < -0.39 is 11.7 Å². The van der Waals surface area contributed by atoms with Gasteiger partial charge in [-0.3, -0.25) is 19.6 Å². The van der Waals surface area contributed by atoms with Crippen molar-refractivity contribution in [3.8, 4) is 11.3 Å². The molecule has 0 spiro atoms. The highest BCUT2D eigenvalue weighted by Gasteiger charge is 2.31. The Kier molecular flexibility index (Phi) is 7.20. The fourth-order valence-electron chi connectivity index (χ4n) is 4.94. The molecule has 1 saturated heterocycles. The number of aryl methyl sites for hydroxylation is 1. The fraction of sp³-hybridized carbons (Fsp3) is 0.241. The highest BCUT2D eigenvalue weighted by Crippen LogP contribution is 2.39. The van der Waals surface area contributed by atoms with E-state index in [1.807, 2.05) is 42.2 Å². The molecule has 0 atom stereocenters. The number of carbonyl (C=O) groups excluding carboxylic acids is 1. The zero-order chi connectivity index (χ0) is 26.7. The number of hydrogen-bond acceptors (Lipinski definition) is 4. The predicted molar refractivity (Wildman–Crippen MR) is 142 cm³/mol. The number of amides is 1. The highest BCUT2D eigenvalue weighted by atomic mass is 19.4. The lowest BCUT2D eigenvalue weighted by Gasteiger charge is -2.36. The average Bonchev–Trinajstić information content (AvgIpc) is 3.25. The zero-order valence-corrected chi connectivity index (χ0v) is 20.9. The number of alkyl halides is 3. The van der Waals surface area contributed by atoms with Crippen molar-refractivity contribution in [2.24, 2.45) is 0 Å². The summed E-state index contributed by atoms with van der Waals surface area (Å²) in [5.41, 5.74) is 5.21. The van der Waals surface area contributed by atoms with E-state index >= 15 is 0 Å². The third kappa shape index (κ3) is 5.28. The minimum atomic E-state index is -4.37. The van der Waals surface area contributed by atoms with Gasteiger partial charge in [-0.1, -0.05) is 36.4 Å². The Hall–Kier alpha value is -4.11. The summed E-state index contributed by atoms with van der Waals surface area (Å²) < 4.78 is 39.6. The van der Waals surface area contributed by atoms with Gasteiger partial charge >= 0.3 is 6.18 Å². The van der Waals surface area contributed by atoms with E-state index in [1.165, 1.54) is 12.1 Å². The molecule has 1 aliphatic heterocycles. The number of benzene rings is 2. The first-order valence-electron chi connectivity index (χ1n) is 12.4. The Balaban J connectivity index is 1.41. The molecule has 1 amide bonds. The van der Waals surface area contributed by atoms with Crippen molar-refractivity contribution in [3.63, 3.8) is 0 Å². The standard InChI is InChI=1S/C29H28F3N5O/c1-21-26(19-35-14-16-36(17-15-35)25-9-5-8-23(18-25)29(30,31)32)28(27(34-21)22-6-3-2-4-7-22)37(20-38)24-10-12-33-13-11-24/h2-13,18,20,34H,14-17,19H2,1H3. The van der Waals surface area contributed by atoms with Gasteiger partial charge in [0, 0.05) is 67.6 Å². The number of anilines is 3. The second-order valence-electron chi connectivity index (χ2n) is 9.31. The summed E-state index contributed by atoms with van der Waals surface area (Å²) >= 11 is 0. The molecule has 1 N–H and O–H groups in total. The minimum absolute atomic E-state index is 0.578. The average molecular weight is 520 g/mol. The number of hydrogen-bond donors (Lipinski definition) is 1. The lowest BCUT2D eigenvalue weighted by atomic mass is 10.1. The summed E-state index contributed by atoms with van der Waals surface area (Å²) in [7, 11) is 0. The van der Waals surface area contributed by atoms with Gasteiger partial charge in [-0.05, 0) is 37.3 Å². The zero-order valence-electron chi connectivity index (χ0n) is 20.9. The largest absolute Gasteiger partial charge is 0.416 e. The van der Waals surface area contributed by atoms with E-state index in [1.54, 1.807) is 35.5 Å². The molecule has 3 heterocycles. The number of nitrogens with one attached hydrogen (secondary N) is 1. The van der Waals surface area contributed by atoms with Crippen molar-refractivity contribution in [3.05, 3.63) is 95.9 Å². The number of piperazine rings is 1. The van der Waals surface area contributed by atoms with Crippen LogP contribution in [-0.2, 0) is 17.5 Å². The van der Waals surface area contributed by atoms with Crippen LogP contribution in [0.2, 0.25) is 0 Å². The van der Waals surface area contributed by atoms with Gasteiger partial charge in [0.1, 0.15) is 0 Å². The summed E-state index contributed by atoms with van der Waals surface area (Å²) in [6, 6.07) is 19.0. The van der Waals surface area contributed by atoms with Crippen molar-refractivity contribution >= 4 is 23.5 Å². The fourth-order valence-corrected chi connectivity index (χ4v) is 4.94. The van der Waals surface area contributed by atoms with E-state index in [4.69, 9.17) is 0 Å². The summed E-state index contributed by atoms with van der Waals surface area (Å²) in [6.45, 7) is 5.16. The van der Waals surface area contributed by atoms with E-state index in [-0.39, 0.29) is 0 Å². The Bertz CT molecular complexity index is 1380. The van der Waals surface area contributed by atoms with Crippen LogP contribution in [0, 0.1) is 6.92 Å². The van der Waals surface area contributed by atoms with Crippen LogP contribution >= 0.6 is 0 Å². The Morgan fingerprint density at radius 3 is 2.34 bits per heavy atom. The van der Waals surface area contributed by atoms with Crippen LogP contribution in [0.15, 0.2) is 79.1 Å². The lowest BCUT2D eigenvalue weighted by molar-refractivity contribution is -0.137. The van der Waals surface area contributed by atoms with Crippen LogP contribution in [0.4, 0.5) is 30.2 Å². The Morgan fingerprint density at radius 2 is 1.68 bits per heavy atom. The smallest absolute Gasteiger partial charge is 0.369 e. The number of aromatic amines is 1. The van der Waals surface area contributed by atoms with Crippen LogP contribution in [0.3, 0.4) is 0 Å². The maximum Gasteiger partial charge on any atom is 0.416 e. The van der Waals surface area contributed by atoms with E-state index in [9.17, 15) is 18.0 Å². The van der Waals surface area contributed by atoms with Gasteiger partial charge in [0.2, 0.25) is 6.41 Å². The number of nitrogens with zero attached hydrogens (tertiary/aromatic N) is 4. The number of H-pyrrole nitrogens is 1. The van der Waals surface area contributed by atoms with Gasteiger partial charge in [-0.25, -0.2) is 0 Å². The molecule has 5 rings (SSSR count).